The van der Waals surface area contributed by atoms with Crippen molar-refractivity contribution in [3.63, 3.8) is 0 Å². The summed E-state index contributed by atoms with van der Waals surface area (Å²) in [5, 5.41) is 12.4. The van der Waals surface area contributed by atoms with Gasteiger partial charge in [0.25, 0.3) is 5.91 Å². The van der Waals surface area contributed by atoms with Crippen LogP contribution in [0.3, 0.4) is 0 Å². The van der Waals surface area contributed by atoms with Gasteiger partial charge in [0.05, 0.1) is 11.9 Å². The van der Waals surface area contributed by atoms with Crippen LogP contribution in [-0.2, 0) is 0 Å². The number of amides is 1. The Morgan fingerprint density at radius 3 is 2.96 bits per heavy atom. The first-order valence-corrected chi connectivity index (χ1v) is 10.6. The van der Waals surface area contributed by atoms with E-state index in [1.165, 1.54) is 11.3 Å². The normalized spacial score (nSPS) is 24.5. The lowest BCUT2D eigenvalue weighted by Gasteiger charge is -2.21. The van der Waals surface area contributed by atoms with E-state index in [1.54, 1.807) is 4.52 Å². The van der Waals surface area contributed by atoms with Crippen molar-refractivity contribution in [1.29, 1.82) is 0 Å². The number of hydrogen-bond acceptors (Lipinski definition) is 6. The summed E-state index contributed by atoms with van der Waals surface area (Å²) >= 11 is 4.79. The number of aromatic nitrogens is 4. The number of halogens is 1. The van der Waals surface area contributed by atoms with Gasteiger partial charge >= 0.3 is 0 Å². The Balaban J connectivity index is 1.29. The Morgan fingerprint density at radius 1 is 1.30 bits per heavy atom. The molecule has 1 saturated heterocycles. The Hall–Kier alpha value is -2.00. The van der Waals surface area contributed by atoms with Crippen LogP contribution in [0, 0.1) is 18.8 Å². The van der Waals surface area contributed by atoms with E-state index >= 15 is 0 Å². The molecule has 3 aromatic rings. The number of nitrogens with zero attached hydrogens (tertiary/aromatic N) is 5. The fraction of sp³-hybridized carbons (Fsp3) is 0.444. The monoisotopic (exact) mass is 447 g/mol. The van der Waals surface area contributed by atoms with E-state index in [0.717, 1.165) is 41.3 Å². The van der Waals surface area contributed by atoms with Crippen LogP contribution in [0.2, 0.25) is 0 Å². The third-order valence-corrected chi connectivity index (χ3v) is 6.88. The Labute approximate surface area is 168 Å². The standard InChI is InChI=1S/C18H18BrN5O2S/c1-10-6-17-24(22-10)9-14(27-17)18(25)23-7-11-2-3-13(12(11)8-23)26-16-5-4-15(19)20-21-16/h4-6,9,11-13H,2-3,7-8H2,1H3/t11-,12+,13+/m0/s1. The summed E-state index contributed by atoms with van der Waals surface area (Å²) in [5.41, 5.74) is 0.965. The van der Waals surface area contributed by atoms with E-state index in [0.29, 0.717) is 22.3 Å². The molecule has 3 aromatic heterocycles. The van der Waals surface area contributed by atoms with Gasteiger partial charge in [-0.05, 0) is 53.7 Å². The lowest BCUT2D eigenvalue weighted by molar-refractivity contribution is 0.0765. The summed E-state index contributed by atoms with van der Waals surface area (Å²) in [6.45, 7) is 3.49. The maximum absolute atomic E-state index is 13.0. The molecule has 4 heterocycles. The van der Waals surface area contributed by atoms with Crippen LogP contribution in [0.4, 0.5) is 0 Å². The molecule has 0 bridgehead atoms. The van der Waals surface area contributed by atoms with Crippen molar-refractivity contribution in [2.24, 2.45) is 11.8 Å². The Bertz CT molecular complexity index is 970. The second-order valence-electron chi connectivity index (χ2n) is 7.23. The highest BCUT2D eigenvalue weighted by Crippen LogP contribution is 2.40. The van der Waals surface area contributed by atoms with Gasteiger partial charge in [0, 0.05) is 25.1 Å². The number of aryl methyl sites for hydroxylation is 1. The van der Waals surface area contributed by atoms with Crippen molar-refractivity contribution in [3.8, 4) is 5.88 Å². The molecule has 9 heteroatoms. The molecule has 2 fully saturated rings. The average Bonchev–Trinajstić information content (AvgIpc) is 3.37. The lowest BCUT2D eigenvalue weighted by atomic mass is 9.99. The van der Waals surface area contributed by atoms with Gasteiger partial charge < -0.3 is 9.64 Å². The first-order valence-electron chi connectivity index (χ1n) is 8.98. The highest BCUT2D eigenvalue weighted by atomic mass is 79.9. The maximum Gasteiger partial charge on any atom is 0.265 e. The summed E-state index contributed by atoms with van der Waals surface area (Å²) in [7, 11) is 0. The molecule has 1 saturated carbocycles. The van der Waals surface area contributed by atoms with Crippen molar-refractivity contribution in [1.82, 2.24) is 24.7 Å². The lowest BCUT2D eigenvalue weighted by Crippen LogP contribution is -2.32. The van der Waals surface area contributed by atoms with E-state index in [9.17, 15) is 4.79 Å². The van der Waals surface area contributed by atoms with Gasteiger partial charge in [-0.3, -0.25) is 4.79 Å². The molecule has 0 radical (unpaired) electrons. The van der Waals surface area contributed by atoms with Gasteiger partial charge in [-0.1, -0.05) is 0 Å². The van der Waals surface area contributed by atoms with Gasteiger partial charge in [0.2, 0.25) is 5.88 Å². The van der Waals surface area contributed by atoms with E-state index in [-0.39, 0.29) is 12.0 Å². The zero-order valence-corrected chi connectivity index (χ0v) is 17.1. The van der Waals surface area contributed by atoms with Crippen LogP contribution >= 0.6 is 27.3 Å². The van der Waals surface area contributed by atoms with Crippen LogP contribution in [0.25, 0.3) is 4.83 Å². The van der Waals surface area contributed by atoms with Gasteiger partial charge in [-0.2, -0.15) is 5.10 Å². The second-order valence-corrected chi connectivity index (χ2v) is 9.10. The van der Waals surface area contributed by atoms with E-state index in [2.05, 4.69) is 31.2 Å². The minimum atomic E-state index is 0.0894. The van der Waals surface area contributed by atoms with Crippen molar-refractivity contribution < 1.29 is 9.53 Å². The molecule has 0 unspecified atom stereocenters. The molecule has 27 heavy (non-hydrogen) atoms. The highest BCUT2D eigenvalue weighted by molar-refractivity contribution is 9.10. The molecule has 5 rings (SSSR count). The molecule has 1 amide bonds. The fourth-order valence-corrected chi connectivity index (χ4v) is 5.44. The third-order valence-electron chi connectivity index (χ3n) is 5.45. The Kier molecular flexibility index (Phi) is 4.16. The average molecular weight is 448 g/mol. The quantitative estimate of drug-likeness (QED) is 0.616. The minimum absolute atomic E-state index is 0.0894. The van der Waals surface area contributed by atoms with Crippen LogP contribution in [0.1, 0.15) is 28.2 Å². The topological polar surface area (TPSA) is 72.6 Å². The van der Waals surface area contributed by atoms with E-state index < -0.39 is 0 Å². The number of ether oxygens (including phenoxy) is 1. The number of hydrogen-bond donors (Lipinski definition) is 0. The Morgan fingerprint density at radius 2 is 2.19 bits per heavy atom. The molecule has 0 aromatic carbocycles. The summed E-state index contributed by atoms with van der Waals surface area (Å²) in [6, 6.07) is 5.66. The summed E-state index contributed by atoms with van der Waals surface area (Å²) in [6.07, 6.45) is 4.01. The molecule has 0 spiro atoms. The molecule has 0 N–H and O–H groups in total. The van der Waals surface area contributed by atoms with Gasteiger partial charge in [0.15, 0.2) is 0 Å². The predicted molar refractivity (Wildman–Crippen MR) is 104 cm³/mol. The van der Waals surface area contributed by atoms with E-state index in [1.807, 2.05) is 36.2 Å². The van der Waals surface area contributed by atoms with Gasteiger partial charge in [-0.15, -0.1) is 21.5 Å². The van der Waals surface area contributed by atoms with Crippen LogP contribution in [0.15, 0.2) is 29.0 Å². The number of carbonyl (C=O) groups excluding carboxylic acids is 1. The molecule has 7 nitrogen and oxygen atoms in total. The van der Waals surface area contributed by atoms with Gasteiger partial charge in [-0.25, -0.2) is 4.52 Å². The smallest absolute Gasteiger partial charge is 0.265 e. The second kappa shape index (κ2) is 6.56. The van der Waals surface area contributed by atoms with Crippen molar-refractivity contribution >= 4 is 38.0 Å². The SMILES string of the molecule is Cc1cc2sc(C(=O)N3C[C@@H]4CC[C@@H](Oc5ccc(Br)nn5)[C@@H]4C3)cn2n1. The summed E-state index contributed by atoms with van der Waals surface area (Å²) in [4.78, 5) is 16.7. The van der Waals surface area contributed by atoms with Gasteiger partial charge in [0.1, 0.15) is 20.4 Å². The minimum Gasteiger partial charge on any atom is -0.473 e. The zero-order chi connectivity index (χ0) is 18.5. The van der Waals surface area contributed by atoms with Crippen molar-refractivity contribution in [2.75, 3.05) is 13.1 Å². The largest absolute Gasteiger partial charge is 0.473 e. The molecular weight excluding hydrogens is 430 g/mol. The zero-order valence-electron chi connectivity index (χ0n) is 14.7. The first-order chi connectivity index (χ1) is 13.1. The maximum atomic E-state index is 13.0. The molecule has 140 valence electrons. The van der Waals surface area contributed by atoms with E-state index in [4.69, 9.17) is 4.74 Å². The first kappa shape index (κ1) is 17.1. The highest BCUT2D eigenvalue weighted by Gasteiger charge is 2.45. The fourth-order valence-electron chi connectivity index (χ4n) is 4.22. The third kappa shape index (κ3) is 3.12. The molecule has 3 atom stereocenters. The molecule has 1 aliphatic heterocycles. The van der Waals surface area contributed by atoms with Crippen molar-refractivity contribution in [2.45, 2.75) is 25.9 Å². The number of fused-ring (bicyclic) bond motifs is 2. The number of thiazole rings is 1. The molecule has 2 aliphatic rings. The predicted octanol–water partition coefficient (Wildman–Crippen LogP) is 3.19. The van der Waals surface area contributed by atoms with Crippen LogP contribution in [0.5, 0.6) is 5.88 Å². The van der Waals surface area contributed by atoms with Crippen LogP contribution in [-0.4, -0.2) is 49.8 Å². The molecular formula is C18H18BrN5O2S. The number of rotatable bonds is 3. The van der Waals surface area contributed by atoms with Crippen molar-refractivity contribution in [3.05, 3.63) is 39.6 Å². The number of carbonyl (C=O) groups is 1. The molecule has 1 aliphatic carbocycles. The summed E-state index contributed by atoms with van der Waals surface area (Å²) < 4.78 is 8.57. The number of likely N-dealkylation sites (tertiary alicyclic amines) is 1. The summed E-state index contributed by atoms with van der Waals surface area (Å²) in [5.74, 6) is 1.49. The van der Waals surface area contributed by atoms with Crippen LogP contribution < -0.4 is 4.74 Å².